The molecule has 0 aliphatic rings. The van der Waals surface area contributed by atoms with Crippen LogP contribution in [0, 0.1) is 5.92 Å². The van der Waals surface area contributed by atoms with E-state index in [9.17, 15) is 19.2 Å². The van der Waals surface area contributed by atoms with E-state index in [1.54, 1.807) is 24.3 Å². The Balaban J connectivity index is 1.81. The summed E-state index contributed by atoms with van der Waals surface area (Å²) >= 11 is 1.09. The molecule has 204 valence electrons. The average Bonchev–Trinajstić information content (AvgIpc) is 2.93. The molecule has 7 nitrogen and oxygen atoms in total. The molecule has 3 aromatic carbocycles. The van der Waals surface area contributed by atoms with E-state index in [0.717, 1.165) is 28.5 Å². The second-order valence-electron chi connectivity index (χ2n) is 9.20. The van der Waals surface area contributed by atoms with Crippen molar-refractivity contribution in [2.75, 3.05) is 5.75 Å². The summed E-state index contributed by atoms with van der Waals surface area (Å²) in [6, 6.07) is 24.7. The van der Waals surface area contributed by atoms with Crippen molar-refractivity contribution in [3.8, 4) is 5.75 Å². The van der Waals surface area contributed by atoms with Gasteiger partial charge < -0.3 is 14.8 Å². The molecule has 8 heteroatoms. The number of nitrogens with one attached hydrogen (secondary N) is 1. The minimum Gasteiger partial charge on any atom is -0.459 e. The van der Waals surface area contributed by atoms with Gasteiger partial charge in [-0.15, -0.1) is 0 Å². The Morgan fingerprint density at radius 1 is 0.821 bits per heavy atom. The molecule has 1 amide bonds. The first kappa shape index (κ1) is 29.6. The third-order valence-electron chi connectivity index (χ3n) is 6.18. The first-order chi connectivity index (χ1) is 18.7. The van der Waals surface area contributed by atoms with E-state index >= 15 is 0 Å². The monoisotopic (exact) mass is 547 g/mol. The van der Waals surface area contributed by atoms with Crippen molar-refractivity contribution in [1.29, 1.82) is 0 Å². The molecule has 1 N–H and O–H groups in total. The van der Waals surface area contributed by atoms with E-state index in [1.165, 1.54) is 13.8 Å². The second-order valence-corrected chi connectivity index (χ2v) is 10.4. The van der Waals surface area contributed by atoms with Crippen LogP contribution in [0.2, 0.25) is 0 Å². The molecule has 0 aliphatic carbocycles. The summed E-state index contributed by atoms with van der Waals surface area (Å²) in [5.41, 5.74) is 2.54. The van der Waals surface area contributed by atoms with Gasteiger partial charge in [0.05, 0.1) is 5.92 Å². The second kappa shape index (κ2) is 14.9. The smallest absolute Gasteiger partial charge is 0.329 e. The molecule has 0 spiro atoms. The zero-order valence-electron chi connectivity index (χ0n) is 22.3. The zero-order valence-corrected chi connectivity index (χ0v) is 23.1. The number of carbonyl (C=O) groups is 4. The Kier molecular flexibility index (Phi) is 11.3. The van der Waals surface area contributed by atoms with E-state index in [0.29, 0.717) is 5.75 Å². The molecule has 0 saturated carbocycles. The van der Waals surface area contributed by atoms with Gasteiger partial charge in [0, 0.05) is 26.0 Å². The van der Waals surface area contributed by atoms with E-state index in [4.69, 9.17) is 9.47 Å². The molecule has 3 aromatic rings. The fourth-order valence-corrected chi connectivity index (χ4v) is 4.89. The third-order valence-corrected chi connectivity index (χ3v) is 7.11. The Morgan fingerprint density at radius 3 is 2.03 bits per heavy atom. The van der Waals surface area contributed by atoms with Gasteiger partial charge in [0.15, 0.2) is 5.12 Å². The molecule has 0 saturated heterocycles. The molecule has 0 aromatic heterocycles. The van der Waals surface area contributed by atoms with Gasteiger partial charge in [-0.2, -0.15) is 0 Å². The van der Waals surface area contributed by atoms with Gasteiger partial charge in [0.1, 0.15) is 18.4 Å². The lowest BCUT2D eigenvalue weighted by atomic mass is 9.88. The van der Waals surface area contributed by atoms with Crippen molar-refractivity contribution in [3.63, 3.8) is 0 Å². The van der Waals surface area contributed by atoms with Crippen LogP contribution in [0.4, 0.5) is 0 Å². The normalized spacial score (nSPS) is 13.0. The maximum atomic E-state index is 13.6. The van der Waals surface area contributed by atoms with Crippen molar-refractivity contribution in [3.05, 3.63) is 102 Å². The van der Waals surface area contributed by atoms with Gasteiger partial charge in [0.25, 0.3) is 0 Å². The maximum absolute atomic E-state index is 13.6. The van der Waals surface area contributed by atoms with Crippen LogP contribution in [-0.4, -0.2) is 34.8 Å². The lowest BCUT2D eigenvalue weighted by Crippen LogP contribution is -2.47. The molecule has 0 aliphatic heterocycles. The molecule has 3 atom stereocenters. The fraction of sp³-hybridized carbons (Fsp3) is 0.290. The molecule has 0 bridgehead atoms. The number of rotatable bonds is 12. The average molecular weight is 548 g/mol. The topological polar surface area (TPSA) is 98.8 Å². The minimum absolute atomic E-state index is 0.0709. The molecule has 0 heterocycles. The van der Waals surface area contributed by atoms with E-state index in [-0.39, 0.29) is 35.7 Å². The summed E-state index contributed by atoms with van der Waals surface area (Å²) in [4.78, 5) is 49.8. The van der Waals surface area contributed by atoms with Crippen molar-refractivity contribution in [2.24, 2.45) is 5.92 Å². The molecule has 3 rings (SSSR count). The Morgan fingerprint density at radius 2 is 1.44 bits per heavy atom. The largest absolute Gasteiger partial charge is 0.459 e. The van der Waals surface area contributed by atoms with E-state index in [2.05, 4.69) is 5.32 Å². The van der Waals surface area contributed by atoms with Crippen LogP contribution in [0.15, 0.2) is 84.9 Å². The number of hydrogen-bond donors (Lipinski definition) is 1. The number of thioether (sulfide) groups is 1. The molecule has 0 radical (unpaired) electrons. The summed E-state index contributed by atoms with van der Waals surface area (Å²) in [5, 5.41) is 2.82. The highest BCUT2D eigenvalue weighted by molar-refractivity contribution is 8.13. The van der Waals surface area contributed by atoms with Crippen LogP contribution in [0.1, 0.15) is 43.4 Å². The van der Waals surface area contributed by atoms with E-state index < -0.39 is 23.9 Å². The van der Waals surface area contributed by atoms with E-state index in [1.807, 2.05) is 67.6 Å². The van der Waals surface area contributed by atoms with Gasteiger partial charge in [-0.25, -0.2) is 4.79 Å². The zero-order chi connectivity index (χ0) is 28.2. The molecule has 39 heavy (non-hydrogen) atoms. The Bertz CT molecular complexity index is 1250. The quantitative estimate of drug-likeness (QED) is 0.249. The number of benzene rings is 3. The number of ether oxygens (including phenoxy) is 2. The summed E-state index contributed by atoms with van der Waals surface area (Å²) < 4.78 is 10.7. The van der Waals surface area contributed by atoms with Gasteiger partial charge in [-0.05, 0) is 34.7 Å². The molecular weight excluding hydrogens is 514 g/mol. The van der Waals surface area contributed by atoms with Crippen molar-refractivity contribution >= 4 is 34.7 Å². The highest BCUT2D eigenvalue weighted by atomic mass is 32.2. The van der Waals surface area contributed by atoms with Crippen LogP contribution >= 0.6 is 11.8 Å². The predicted octanol–water partition coefficient (Wildman–Crippen LogP) is 5.08. The first-order valence-electron chi connectivity index (χ1n) is 12.7. The van der Waals surface area contributed by atoms with Crippen LogP contribution in [0.25, 0.3) is 0 Å². The Hall–Kier alpha value is -3.91. The van der Waals surface area contributed by atoms with Gasteiger partial charge in [-0.3, -0.25) is 14.4 Å². The highest BCUT2D eigenvalue weighted by Crippen LogP contribution is 2.28. The summed E-state index contributed by atoms with van der Waals surface area (Å²) in [6.07, 6.45) is 0.173. The predicted molar refractivity (Wildman–Crippen MR) is 151 cm³/mol. The standard InChI is InChI=1S/C31H33NO6S/c1-21(26-12-8-5-9-13-26)28(20-39-23(3)34)30(35)32-29(31(36)37-19-25-10-6-4-7-11-25)18-24-14-16-27(17-15-24)38-22(2)33/h4-17,21,28-29H,18-20H2,1-3H3,(H,32,35)/t21?,28?,29-/m0/s1. The fourth-order valence-electron chi connectivity index (χ4n) is 4.04. The molecule has 0 fully saturated rings. The van der Waals surface area contributed by atoms with Crippen LogP contribution < -0.4 is 10.1 Å². The van der Waals surface area contributed by atoms with Crippen molar-refractivity contribution < 1.29 is 28.7 Å². The number of carbonyl (C=O) groups excluding carboxylic acids is 4. The van der Waals surface area contributed by atoms with Crippen LogP contribution in [0.3, 0.4) is 0 Å². The number of esters is 2. The van der Waals surface area contributed by atoms with Crippen LogP contribution in [-0.2, 0) is 36.9 Å². The highest BCUT2D eigenvalue weighted by Gasteiger charge is 2.31. The van der Waals surface area contributed by atoms with Crippen molar-refractivity contribution in [2.45, 2.75) is 45.8 Å². The molecule has 2 unspecified atom stereocenters. The van der Waals surface area contributed by atoms with Crippen molar-refractivity contribution in [1.82, 2.24) is 5.32 Å². The third kappa shape index (κ3) is 9.72. The Labute approximate surface area is 233 Å². The lowest BCUT2D eigenvalue weighted by Gasteiger charge is -2.26. The van der Waals surface area contributed by atoms with Gasteiger partial charge in [0.2, 0.25) is 5.91 Å². The first-order valence-corrected chi connectivity index (χ1v) is 13.7. The SMILES string of the molecule is CC(=O)Oc1ccc(C[C@H](NC(=O)C(CSC(C)=O)C(C)c2ccccc2)C(=O)OCc2ccccc2)cc1. The maximum Gasteiger partial charge on any atom is 0.329 e. The van der Waals surface area contributed by atoms with Crippen LogP contribution in [0.5, 0.6) is 5.75 Å². The summed E-state index contributed by atoms with van der Waals surface area (Å²) in [7, 11) is 0. The minimum atomic E-state index is -0.964. The molecular formula is C31H33NO6S. The summed E-state index contributed by atoms with van der Waals surface area (Å²) in [5.74, 6) is -1.42. The number of hydrogen-bond acceptors (Lipinski definition) is 7. The number of amides is 1. The van der Waals surface area contributed by atoms with Gasteiger partial charge >= 0.3 is 11.9 Å². The van der Waals surface area contributed by atoms with Gasteiger partial charge in [-0.1, -0.05) is 91.5 Å². The lowest BCUT2D eigenvalue weighted by molar-refractivity contribution is -0.149. The summed E-state index contributed by atoms with van der Waals surface area (Å²) in [6.45, 7) is 4.80.